The summed E-state index contributed by atoms with van der Waals surface area (Å²) in [6, 6.07) is 4.76. The Kier molecular flexibility index (Phi) is 20.6. The van der Waals surface area contributed by atoms with Crippen molar-refractivity contribution in [2.45, 2.75) is 126 Å². The fourth-order valence-electron chi connectivity index (χ4n) is 11.2. The number of H-pyrrole nitrogens is 1. The molecule has 8 aromatic heterocycles. The Labute approximate surface area is 556 Å². The number of esters is 1. The molecule has 0 bridgehead atoms. The van der Waals surface area contributed by atoms with Crippen LogP contribution in [0.1, 0.15) is 92.5 Å². The number of aromatic nitrogens is 16. The van der Waals surface area contributed by atoms with Crippen molar-refractivity contribution >= 4 is 113 Å². The zero-order valence-electron chi connectivity index (χ0n) is 51.8. The molecule has 3 saturated heterocycles. The number of nitrogens with one attached hydrogen (secondary N) is 4. The molecular formula is C55H65N23O19P2. The third kappa shape index (κ3) is 16.3. The smallest absolute Gasteiger partial charge is 0.472 e. The van der Waals surface area contributed by atoms with E-state index in [0.29, 0.717) is 30.6 Å². The number of ether oxygens (including phenoxy) is 4. The van der Waals surface area contributed by atoms with E-state index in [1.807, 2.05) is 0 Å². The van der Waals surface area contributed by atoms with Gasteiger partial charge in [0.1, 0.15) is 66.5 Å². The van der Waals surface area contributed by atoms with Crippen LogP contribution in [-0.4, -0.2) is 191 Å². The second kappa shape index (κ2) is 29.6. The molecule has 3 fully saturated rings. The molecule has 12 rings (SSSR count). The van der Waals surface area contributed by atoms with Gasteiger partial charge in [-0.2, -0.15) is 4.98 Å². The van der Waals surface area contributed by atoms with E-state index in [1.54, 1.807) is 12.1 Å². The number of hydrogen-bond acceptors (Lipinski definition) is 33. The van der Waals surface area contributed by atoms with Crippen molar-refractivity contribution in [1.29, 1.82) is 0 Å². The third-order valence-electron chi connectivity index (χ3n) is 16.0. The number of imidazole rings is 3. The van der Waals surface area contributed by atoms with Crippen molar-refractivity contribution in [3.05, 3.63) is 90.0 Å². The van der Waals surface area contributed by atoms with Gasteiger partial charge in [-0.15, -0.1) is 0 Å². The standard InChI is InChI=1S/C55H65N23O19P2/c56-42-38-46(66-20-63-42)76(23-69-38)51-33(79)12-29(93-51)18-91-98(86,87)97-35-14-31(95-53(35)78-25-71-40-44(58)65-22-68-48(40)78)19-92-99(88,89)96-34-13-30(94-52(34)77-24-70-39-43(57)64-21-67-47(39)77)17-90-37(81)4-2-1-3-11-60-36(80)10-9-32(54(84)85)73-49(82)26-5-7-27(8-6-26)61-15-28-16-62-45-41(72-28)50(83)75-55(59)74-45/h5-8,16,20-25,29-35,51-53,61,79H,1-4,9-15,17-19H2,(H,60,80)(H,73,82)(H,84,85)(H,86,87)(H,88,89)(H2,56,63,66)(H2,57,64,67)(H2,58,65,68)(H3,59,62,74,75,83)/t29-,30-,31-,32?,33+,34+,35+,51+,52+,53+/m0/s1. The van der Waals surface area contributed by atoms with Crippen molar-refractivity contribution in [3.8, 4) is 0 Å². The van der Waals surface area contributed by atoms with Crippen molar-refractivity contribution < 1.29 is 85.4 Å². The summed E-state index contributed by atoms with van der Waals surface area (Å²) < 4.78 is 78.5. The number of unbranched alkanes of at least 4 members (excludes halogenated alkanes) is 2. The van der Waals surface area contributed by atoms with Crippen LogP contribution in [0.15, 0.2) is 73.2 Å². The molecule has 3 aliphatic heterocycles. The highest BCUT2D eigenvalue weighted by Crippen LogP contribution is 2.53. The Balaban J connectivity index is 0.592. The van der Waals surface area contributed by atoms with Gasteiger partial charge in [0, 0.05) is 49.9 Å². The van der Waals surface area contributed by atoms with Gasteiger partial charge in [0.25, 0.3) is 11.5 Å². The van der Waals surface area contributed by atoms with Gasteiger partial charge in [0.15, 0.2) is 64.2 Å². The van der Waals surface area contributed by atoms with Gasteiger partial charge in [0.2, 0.25) is 11.9 Å². The maximum atomic E-state index is 14.0. The SMILES string of the molecule is Nc1nc2ncc(CNc3ccc(C(=O)NC(CCC(=O)NCCCCCC(=O)OC[C@@H]4C[C@@H](OP(=O)(O)OC[C@@H]5C[C@@H](OP(=O)(O)OC[C@@H]6C[C@@H](O)[C@H](n7cnc8c(N)ncnc87)O6)[C@H](n6cnc7c(N)ncnc76)O5)[C@H](n5cnc6c(N)ncnc65)O4)C(=O)O)cc3)nc2c(=O)[nH]1. The molecule has 0 radical (unpaired) electrons. The van der Waals surface area contributed by atoms with E-state index in [4.69, 9.17) is 60.0 Å². The van der Waals surface area contributed by atoms with E-state index in [9.17, 15) is 53.1 Å². The van der Waals surface area contributed by atoms with Crippen LogP contribution in [-0.2, 0) is 67.1 Å². The zero-order chi connectivity index (χ0) is 69.7. The first-order valence-corrected chi connectivity index (χ1v) is 33.6. The number of phosphoric ester groups is 2. The number of phosphoric acid groups is 2. The normalized spacial score (nSPS) is 22.4. The monoisotopic (exact) mass is 1410 g/mol. The number of nitrogens with zero attached hydrogens (tertiary/aromatic N) is 15. The van der Waals surface area contributed by atoms with Gasteiger partial charge in [-0.05, 0) is 43.5 Å². The summed E-state index contributed by atoms with van der Waals surface area (Å²) in [5, 5.41) is 29.0. The van der Waals surface area contributed by atoms with Crippen molar-refractivity contribution in [3.63, 3.8) is 0 Å². The topological polar surface area (TPSA) is 600 Å². The average molecular weight is 1410 g/mol. The van der Waals surface area contributed by atoms with Crippen LogP contribution in [0.25, 0.3) is 44.7 Å². The molecule has 11 heterocycles. The number of rotatable bonds is 30. The number of carbonyl (C=O) groups excluding carboxylic acids is 3. The highest BCUT2D eigenvalue weighted by Gasteiger charge is 2.47. The fraction of sp³-hybridized carbons (Fsp3) is 0.436. The number of carboxylic acids is 1. The van der Waals surface area contributed by atoms with Crippen LogP contribution in [0.5, 0.6) is 0 Å². The summed E-state index contributed by atoms with van der Waals surface area (Å²) in [7, 11) is -10.1. The first-order valence-electron chi connectivity index (χ1n) is 30.6. The van der Waals surface area contributed by atoms with E-state index in [1.165, 1.54) is 63.7 Å². The number of amides is 2. The van der Waals surface area contributed by atoms with Gasteiger partial charge in [-0.25, -0.2) is 68.7 Å². The summed E-state index contributed by atoms with van der Waals surface area (Å²) in [5.41, 5.74) is 25.6. The first kappa shape index (κ1) is 69.0. The molecule has 0 spiro atoms. The Morgan fingerprint density at radius 2 is 1.19 bits per heavy atom. The second-order valence-electron chi connectivity index (χ2n) is 22.9. The number of nitrogen functional groups attached to an aromatic ring is 4. The molecule has 1 aromatic carbocycles. The predicted molar refractivity (Wildman–Crippen MR) is 339 cm³/mol. The van der Waals surface area contributed by atoms with Gasteiger partial charge >= 0.3 is 27.6 Å². The van der Waals surface area contributed by atoms with Crippen molar-refractivity contribution in [2.75, 3.05) is 54.6 Å². The number of aliphatic hydroxyl groups is 1. The van der Waals surface area contributed by atoms with Crippen LogP contribution in [0.2, 0.25) is 0 Å². The number of carbonyl (C=O) groups is 4. The van der Waals surface area contributed by atoms with Crippen LogP contribution in [0, 0.1) is 0 Å². The molecule has 44 heteroatoms. The quantitative estimate of drug-likeness (QED) is 0.0166. The van der Waals surface area contributed by atoms with Gasteiger partial charge in [-0.3, -0.25) is 56.0 Å². The van der Waals surface area contributed by atoms with Gasteiger partial charge in [-0.1, -0.05) is 6.42 Å². The highest BCUT2D eigenvalue weighted by molar-refractivity contribution is 7.47. The first-order chi connectivity index (χ1) is 47.5. The lowest BCUT2D eigenvalue weighted by atomic mass is 10.1. The van der Waals surface area contributed by atoms with Crippen LogP contribution in [0.4, 0.5) is 29.1 Å². The number of aliphatic hydroxyl groups excluding tert-OH is 1. The molecule has 0 saturated carbocycles. The second-order valence-corrected chi connectivity index (χ2v) is 25.8. The van der Waals surface area contributed by atoms with Crippen LogP contribution >= 0.6 is 15.6 Å². The zero-order valence-corrected chi connectivity index (χ0v) is 53.6. The molecule has 3 aliphatic rings. The van der Waals surface area contributed by atoms with Crippen molar-refractivity contribution in [1.82, 2.24) is 89.1 Å². The number of fused-ring (bicyclic) bond motifs is 4. The summed E-state index contributed by atoms with van der Waals surface area (Å²) in [6.45, 7) is -1.13. The minimum atomic E-state index is -5.11. The minimum absolute atomic E-state index is 0.0110. The Morgan fingerprint density at radius 3 is 1.76 bits per heavy atom. The Hall–Kier alpha value is -9.97. The molecule has 42 nitrogen and oxygen atoms in total. The fourth-order valence-corrected chi connectivity index (χ4v) is 13.1. The summed E-state index contributed by atoms with van der Waals surface area (Å²) >= 11 is 0. The van der Waals surface area contributed by atoms with E-state index in [0.717, 1.165) is 6.33 Å². The minimum Gasteiger partial charge on any atom is -0.480 e. The predicted octanol–water partition coefficient (Wildman–Crippen LogP) is 0.585. The summed E-state index contributed by atoms with van der Waals surface area (Å²) in [4.78, 5) is 138. The van der Waals surface area contributed by atoms with E-state index in [2.05, 4.69) is 80.7 Å². The molecular weight excluding hydrogens is 1350 g/mol. The number of benzene rings is 1. The molecule has 3 unspecified atom stereocenters. The molecule has 0 aliphatic carbocycles. The molecule has 2 amide bonds. The van der Waals surface area contributed by atoms with Crippen LogP contribution < -0.4 is 44.4 Å². The molecule has 524 valence electrons. The molecule has 12 atom stereocenters. The lowest BCUT2D eigenvalue weighted by Gasteiger charge is -2.23. The Morgan fingerprint density at radius 1 is 0.657 bits per heavy atom. The maximum Gasteiger partial charge on any atom is 0.472 e. The highest BCUT2D eigenvalue weighted by atomic mass is 31.2. The lowest BCUT2D eigenvalue weighted by molar-refractivity contribution is -0.148. The lowest BCUT2D eigenvalue weighted by Crippen LogP contribution is -2.41. The number of anilines is 5. The van der Waals surface area contributed by atoms with Gasteiger partial charge < -0.3 is 77.8 Å². The van der Waals surface area contributed by atoms with Crippen LogP contribution in [0.3, 0.4) is 0 Å². The molecule has 9 aromatic rings. The van der Waals surface area contributed by atoms with Crippen molar-refractivity contribution in [2.24, 2.45) is 0 Å². The summed E-state index contributed by atoms with van der Waals surface area (Å²) in [5.74, 6) is -3.00. The maximum absolute atomic E-state index is 14.0. The van der Waals surface area contributed by atoms with E-state index in [-0.39, 0.29) is 132 Å². The van der Waals surface area contributed by atoms with E-state index < -0.39 is 120 Å². The molecule has 99 heavy (non-hydrogen) atoms. The molecule has 16 N–H and O–H groups in total. The van der Waals surface area contributed by atoms with E-state index >= 15 is 0 Å². The number of aromatic amines is 1. The number of aliphatic carboxylic acids is 1. The average Bonchev–Trinajstić information content (AvgIpc) is 1.66. The number of hydrogen-bond donors (Lipinski definition) is 12. The largest absolute Gasteiger partial charge is 0.480 e. The van der Waals surface area contributed by atoms with Gasteiger partial charge in [0.05, 0.1) is 68.9 Å². The number of carboxylic acid groups (broad SMARTS) is 1. The Bertz CT molecular complexity index is 4620. The number of nitrogens with two attached hydrogens (primary N) is 4. The third-order valence-corrected chi connectivity index (χ3v) is 18.0. The summed E-state index contributed by atoms with van der Waals surface area (Å²) in [6.07, 6.45) is -0.907.